The number of methoxy groups -OCH3 is 1. The summed E-state index contributed by atoms with van der Waals surface area (Å²) in [5.74, 6) is 0.276. The minimum atomic E-state index is -0.331. The molecule has 0 unspecified atom stereocenters. The number of nitrogens with one attached hydrogen (secondary N) is 1. The van der Waals surface area contributed by atoms with Gasteiger partial charge < -0.3 is 10.1 Å². The fourth-order valence-electron chi connectivity index (χ4n) is 1.72. The number of pyridine rings is 1. The van der Waals surface area contributed by atoms with Gasteiger partial charge in [-0.1, -0.05) is 40.9 Å². The van der Waals surface area contributed by atoms with Crippen LogP contribution in [-0.4, -0.2) is 18.0 Å². The van der Waals surface area contributed by atoms with Gasteiger partial charge in [0.1, 0.15) is 10.9 Å². The molecule has 1 amide bonds. The summed E-state index contributed by atoms with van der Waals surface area (Å²) >= 11 is 17.6. The Morgan fingerprint density at radius 2 is 2.05 bits per heavy atom. The minimum Gasteiger partial charge on any atom is -0.496 e. The molecule has 0 aliphatic heterocycles. The van der Waals surface area contributed by atoms with Crippen molar-refractivity contribution < 1.29 is 9.53 Å². The molecular weight excluding hydrogens is 335 g/mol. The second kappa shape index (κ2) is 6.98. The Morgan fingerprint density at radius 3 is 2.71 bits per heavy atom. The van der Waals surface area contributed by atoms with Crippen LogP contribution < -0.4 is 10.1 Å². The topological polar surface area (TPSA) is 51.2 Å². The molecule has 2 aromatic rings. The van der Waals surface area contributed by atoms with Crippen LogP contribution in [0.3, 0.4) is 0 Å². The largest absolute Gasteiger partial charge is 0.496 e. The van der Waals surface area contributed by atoms with E-state index in [2.05, 4.69) is 10.3 Å². The molecule has 1 heterocycles. The van der Waals surface area contributed by atoms with Gasteiger partial charge in [0.25, 0.3) is 5.91 Å². The Balaban J connectivity index is 2.13. The lowest BCUT2D eigenvalue weighted by Gasteiger charge is -2.11. The molecule has 0 fully saturated rings. The van der Waals surface area contributed by atoms with Crippen LogP contribution >= 0.6 is 34.8 Å². The van der Waals surface area contributed by atoms with Gasteiger partial charge in [0, 0.05) is 23.3 Å². The molecule has 1 aromatic carbocycles. The third-order valence-corrected chi connectivity index (χ3v) is 3.82. The highest BCUT2D eigenvalue weighted by atomic mass is 35.5. The first-order valence-corrected chi connectivity index (χ1v) is 7.07. The molecule has 0 spiro atoms. The van der Waals surface area contributed by atoms with Crippen LogP contribution in [0.4, 0.5) is 0 Å². The summed E-state index contributed by atoms with van der Waals surface area (Å²) in [5, 5.41) is 3.62. The molecule has 0 saturated carbocycles. The molecule has 1 N–H and O–H groups in total. The highest BCUT2D eigenvalue weighted by molar-refractivity contribution is 6.41. The first kappa shape index (κ1) is 15.9. The lowest BCUT2D eigenvalue weighted by atomic mass is 10.2. The number of nitrogens with zero attached hydrogens (tertiary/aromatic N) is 1. The van der Waals surface area contributed by atoms with Gasteiger partial charge in [0.15, 0.2) is 0 Å². The van der Waals surface area contributed by atoms with Gasteiger partial charge in [-0.3, -0.25) is 4.79 Å². The lowest BCUT2D eigenvalue weighted by molar-refractivity contribution is 0.0950. The molecule has 7 heteroatoms. The third-order valence-electron chi connectivity index (χ3n) is 2.78. The van der Waals surface area contributed by atoms with Gasteiger partial charge in [-0.05, 0) is 18.2 Å². The van der Waals surface area contributed by atoms with E-state index in [1.165, 1.54) is 12.3 Å². The predicted molar refractivity (Wildman–Crippen MR) is 83.4 cm³/mol. The van der Waals surface area contributed by atoms with Crippen molar-refractivity contribution in [3.63, 3.8) is 0 Å². The summed E-state index contributed by atoms with van der Waals surface area (Å²) in [7, 11) is 1.54. The molecule has 4 nitrogen and oxygen atoms in total. The predicted octanol–water partition coefficient (Wildman–Crippen LogP) is 3.98. The quantitative estimate of drug-likeness (QED) is 0.853. The summed E-state index contributed by atoms with van der Waals surface area (Å²) in [5.41, 5.74) is 1.01. The average Bonchev–Trinajstić information content (AvgIpc) is 2.48. The number of rotatable bonds is 4. The first-order chi connectivity index (χ1) is 10.0. The molecule has 0 aliphatic carbocycles. The molecule has 110 valence electrons. The molecule has 0 saturated heterocycles. The van der Waals surface area contributed by atoms with Crippen LogP contribution in [0.5, 0.6) is 5.75 Å². The normalized spacial score (nSPS) is 10.3. The van der Waals surface area contributed by atoms with Crippen LogP contribution in [-0.2, 0) is 6.54 Å². The number of amides is 1. The summed E-state index contributed by atoms with van der Waals surface area (Å²) in [6.45, 7) is 0.224. The summed E-state index contributed by atoms with van der Waals surface area (Å²) in [4.78, 5) is 15.9. The fraction of sp³-hybridized carbons (Fsp3) is 0.143. The van der Waals surface area contributed by atoms with Crippen molar-refractivity contribution in [1.29, 1.82) is 0 Å². The summed E-state index contributed by atoms with van der Waals surface area (Å²) in [6, 6.07) is 6.73. The lowest BCUT2D eigenvalue weighted by Crippen LogP contribution is -2.23. The van der Waals surface area contributed by atoms with Crippen LogP contribution in [0.15, 0.2) is 30.5 Å². The van der Waals surface area contributed by atoms with Crippen molar-refractivity contribution in [3.05, 3.63) is 56.8 Å². The molecule has 1 aromatic heterocycles. The Morgan fingerprint density at radius 1 is 1.29 bits per heavy atom. The standard InChI is InChI=1S/C14H11Cl3N2O2/c1-21-12-4-2-3-10(15)9(12)7-19-14(20)8-5-11(16)13(17)18-6-8/h2-6H,7H2,1H3,(H,19,20). The van der Waals surface area contributed by atoms with Crippen LogP contribution in [0.25, 0.3) is 0 Å². The van der Waals surface area contributed by atoms with Gasteiger partial charge in [0.05, 0.1) is 17.7 Å². The molecule has 0 radical (unpaired) electrons. The first-order valence-electron chi connectivity index (χ1n) is 5.93. The molecule has 2 rings (SSSR count). The van der Waals surface area contributed by atoms with E-state index in [1.807, 2.05) is 0 Å². The van der Waals surface area contributed by atoms with E-state index < -0.39 is 0 Å². The highest BCUT2D eigenvalue weighted by Gasteiger charge is 2.12. The smallest absolute Gasteiger partial charge is 0.253 e. The molecule has 0 bridgehead atoms. The molecule has 21 heavy (non-hydrogen) atoms. The maximum Gasteiger partial charge on any atom is 0.253 e. The minimum absolute atomic E-state index is 0.154. The number of aromatic nitrogens is 1. The number of carbonyl (C=O) groups is 1. The number of benzene rings is 1. The zero-order chi connectivity index (χ0) is 15.4. The number of hydrogen-bond donors (Lipinski definition) is 1. The number of carbonyl (C=O) groups excluding carboxylic acids is 1. The van der Waals surface area contributed by atoms with Gasteiger partial charge in [-0.25, -0.2) is 4.98 Å². The Bertz CT molecular complexity index is 677. The van der Waals surface area contributed by atoms with Crippen LogP contribution in [0.1, 0.15) is 15.9 Å². The monoisotopic (exact) mass is 344 g/mol. The Labute approximate surface area is 137 Å². The van der Waals surface area contributed by atoms with E-state index >= 15 is 0 Å². The van der Waals surface area contributed by atoms with Gasteiger partial charge in [-0.15, -0.1) is 0 Å². The van der Waals surface area contributed by atoms with Crippen molar-refractivity contribution in [1.82, 2.24) is 10.3 Å². The Kier molecular flexibility index (Phi) is 5.28. The number of halogens is 3. The second-order valence-corrected chi connectivity index (χ2v) is 5.27. The van der Waals surface area contributed by atoms with Crippen molar-refractivity contribution in [2.24, 2.45) is 0 Å². The third kappa shape index (κ3) is 3.79. The highest BCUT2D eigenvalue weighted by Crippen LogP contribution is 2.26. The second-order valence-electron chi connectivity index (χ2n) is 4.10. The van der Waals surface area contributed by atoms with E-state index in [-0.39, 0.29) is 22.6 Å². The van der Waals surface area contributed by atoms with Gasteiger partial charge in [-0.2, -0.15) is 0 Å². The maximum absolute atomic E-state index is 12.1. The average molecular weight is 346 g/mol. The zero-order valence-electron chi connectivity index (χ0n) is 11.0. The number of ether oxygens (including phenoxy) is 1. The van der Waals surface area contributed by atoms with Crippen LogP contribution in [0.2, 0.25) is 15.2 Å². The maximum atomic E-state index is 12.1. The van der Waals surface area contributed by atoms with Crippen molar-refractivity contribution >= 4 is 40.7 Å². The van der Waals surface area contributed by atoms with Crippen LogP contribution in [0, 0.1) is 0 Å². The molecule has 0 aliphatic rings. The van der Waals surface area contributed by atoms with Crippen molar-refractivity contribution in [3.8, 4) is 5.75 Å². The summed E-state index contributed by atoms with van der Waals surface area (Å²) in [6.07, 6.45) is 1.35. The van der Waals surface area contributed by atoms with E-state index in [0.717, 1.165) is 0 Å². The van der Waals surface area contributed by atoms with E-state index in [4.69, 9.17) is 39.5 Å². The number of hydrogen-bond acceptors (Lipinski definition) is 3. The van der Waals surface area contributed by atoms with Gasteiger partial charge in [0.2, 0.25) is 0 Å². The molecule has 0 atom stereocenters. The van der Waals surface area contributed by atoms with Gasteiger partial charge >= 0.3 is 0 Å². The Hall–Kier alpha value is -1.49. The summed E-state index contributed by atoms with van der Waals surface area (Å²) < 4.78 is 5.21. The van der Waals surface area contributed by atoms with Crippen molar-refractivity contribution in [2.75, 3.05) is 7.11 Å². The zero-order valence-corrected chi connectivity index (χ0v) is 13.3. The van der Waals surface area contributed by atoms with E-state index in [9.17, 15) is 4.79 Å². The fourth-order valence-corrected chi connectivity index (χ4v) is 2.22. The van der Waals surface area contributed by atoms with Crippen molar-refractivity contribution in [2.45, 2.75) is 6.54 Å². The van der Waals surface area contributed by atoms with E-state index in [0.29, 0.717) is 21.9 Å². The van der Waals surface area contributed by atoms with E-state index in [1.54, 1.807) is 25.3 Å². The molecular formula is C14H11Cl3N2O2. The SMILES string of the molecule is COc1cccc(Cl)c1CNC(=O)c1cnc(Cl)c(Cl)c1.